The van der Waals surface area contributed by atoms with Gasteiger partial charge >= 0.3 is 5.97 Å². The summed E-state index contributed by atoms with van der Waals surface area (Å²) >= 11 is 0. The van der Waals surface area contributed by atoms with Crippen LogP contribution in [0.25, 0.3) is 0 Å². The van der Waals surface area contributed by atoms with E-state index in [2.05, 4.69) is 5.32 Å². The number of methoxy groups -OCH3 is 1. The molecule has 0 radical (unpaired) electrons. The van der Waals surface area contributed by atoms with Crippen LogP contribution in [0.1, 0.15) is 19.3 Å². The molecule has 0 spiro atoms. The summed E-state index contributed by atoms with van der Waals surface area (Å²) in [5, 5.41) is 20.2. The van der Waals surface area contributed by atoms with Gasteiger partial charge < -0.3 is 26.0 Å². The Bertz CT molecular complexity index is 247. The topological polar surface area (TPSA) is 122 Å². The minimum Gasteiger partial charge on any atom is -0.481 e. The summed E-state index contributed by atoms with van der Waals surface area (Å²) in [5.41, 5.74) is 5.48. The van der Waals surface area contributed by atoms with Crippen LogP contribution in [0, 0.1) is 0 Å². The van der Waals surface area contributed by atoms with Crippen LogP contribution in [-0.2, 0) is 14.3 Å². The van der Waals surface area contributed by atoms with Crippen LogP contribution < -0.4 is 11.1 Å². The molecule has 0 aromatic rings. The second-order valence-electron chi connectivity index (χ2n) is 3.73. The number of hydrogen-bond acceptors (Lipinski definition) is 5. The molecule has 0 heterocycles. The lowest BCUT2D eigenvalue weighted by atomic mass is 10.1. The van der Waals surface area contributed by atoms with Crippen molar-refractivity contribution in [3.8, 4) is 0 Å². The highest BCUT2D eigenvalue weighted by Gasteiger charge is 2.14. The SMILES string of the molecule is COCC(O)CCNC(=O)C(N)CCC(=O)O. The van der Waals surface area contributed by atoms with Gasteiger partial charge in [0.05, 0.1) is 18.8 Å². The fourth-order valence-electron chi connectivity index (χ4n) is 1.18. The van der Waals surface area contributed by atoms with Crippen LogP contribution >= 0.6 is 0 Å². The van der Waals surface area contributed by atoms with Crippen molar-refractivity contribution >= 4 is 11.9 Å². The largest absolute Gasteiger partial charge is 0.481 e. The summed E-state index contributed by atoms with van der Waals surface area (Å²) in [5.74, 6) is -1.39. The van der Waals surface area contributed by atoms with Gasteiger partial charge in [-0.2, -0.15) is 0 Å². The minimum atomic E-state index is -0.983. The summed E-state index contributed by atoms with van der Waals surface area (Å²) in [6, 6.07) is -0.828. The number of rotatable bonds is 9. The van der Waals surface area contributed by atoms with Crippen LogP contribution in [-0.4, -0.2) is 54.5 Å². The smallest absolute Gasteiger partial charge is 0.303 e. The van der Waals surface area contributed by atoms with Gasteiger partial charge in [-0.25, -0.2) is 0 Å². The quantitative estimate of drug-likeness (QED) is 0.402. The number of hydrogen-bond donors (Lipinski definition) is 4. The highest BCUT2D eigenvalue weighted by molar-refractivity contribution is 5.82. The molecule has 0 aliphatic rings. The zero-order valence-electron chi connectivity index (χ0n) is 9.89. The van der Waals surface area contributed by atoms with Gasteiger partial charge in [-0.1, -0.05) is 0 Å². The zero-order valence-corrected chi connectivity index (χ0v) is 9.89. The molecule has 2 unspecified atom stereocenters. The highest BCUT2D eigenvalue weighted by atomic mass is 16.5. The Morgan fingerprint density at radius 2 is 2.06 bits per heavy atom. The van der Waals surface area contributed by atoms with Gasteiger partial charge in [0.25, 0.3) is 0 Å². The van der Waals surface area contributed by atoms with E-state index in [1.807, 2.05) is 0 Å². The summed E-state index contributed by atoms with van der Waals surface area (Å²) in [6.07, 6.45) is -0.302. The standard InChI is InChI=1S/C10H20N2O5/c1-17-6-7(13)4-5-12-10(16)8(11)2-3-9(14)15/h7-8,13H,2-6,11H2,1H3,(H,12,16)(H,14,15). The second kappa shape index (κ2) is 8.91. The molecule has 0 saturated heterocycles. The van der Waals surface area contributed by atoms with Gasteiger partial charge in [0.2, 0.25) is 5.91 Å². The average molecular weight is 248 g/mol. The van der Waals surface area contributed by atoms with Crippen LogP contribution in [0.15, 0.2) is 0 Å². The number of carbonyl (C=O) groups is 2. The van der Waals surface area contributed by atoms with Crippen molar-refractivity contribution in [2.75, 3.05) is 20.3 Å². The lowest BCUT2D eigenvalue weighted by Crippen LogP contribution is -2.41. The van der Waals surface area contributed by atoms with Crippen LogP contribution in [0.3, 0.4) is 0 Å². The summed E-state index contributed by atoms with van der Waals surface area (Å²) in [4.78, 5) is 21.6. The normalized spacial score (nSPS) is 14.1. The van der Waals surface area contributed by atoms with Gasteiger partial charge in [0.15, 0.2) is 0 Å². The van der Waals surface area contributed by atoms with Gasteiger partial charge in [-0.3, -0.25) is 9.59 Å². The Kier molecular flexibility index (Phi) is 8.29. The number of aliphatic hydroxyl groups is 1. The zero-order chi connectivity index (χ0) is 13.3. The van der Waals surface area contributed by atoms with E-state index in [4.69, 9.17) is 15.6 Å². The fourth-order valence-corrected chi connectivity index (χ4v) is 1.18. The van der Waals surface area contributed by atoms with E-state index in [0.29, 0.717) is 6.42 Å². The van der Waals surface area contributed by atoms with E-state index in [1.54, 1.807) is 0 Å². The van der Waals surface area contributed by atoms with Crippen LogP contribution in [0.5, 0.6) is 0 Å². The third kappa shape index (κ3) is 8.61. The van der Waals surface area contributed by atoms with Crippen molar-refractivity contribution in [1.82, 2.24) is 5.32 Å². The Morgan fingerprint density at radius 3 is 2.59 bits per heavy atom. The molecule has 1 amide bonds. The van der Waals surface area contributed by atoms with Gasteiger partial charge in [0, 0.05) is 20.1 Å². The number of nitrogens with one attached hydrogen (secondary N) is 1. The number of carboxylic acid groups (broad SMARTS) is 1. The molecule has 7 nitrogen and oxygen atoms in total. The van der Waals surface area contributed by atoms with E-state index in [0.717, 1.165) is 0 Å². The summed E-state index contributed by atoms with van der Waals surface area (Å²) in [6.45, 7) is 0.491. The lowest BCUT2D eigenvalue weighted by Gasteiger charge is -2.13. The predicted molar refractivity (Wildman–Crippen MR) is 60.4 cm³/mol. The first-order valence-electron chi connectivity index (χ1n) is 5.39. The van der Waals surface area contributed by atoms with Crippen molar-refractivity contribution in [1.29, 1.82) is 0 Å². The van der Waals surface area contributed by atoms with Crippen molar-refractivity contribution in [2.45, 2.75) is 31.4 Å². The number of ether oxygens (including phenoxy) is 1. The lowest BCUT2D eigenvalue weighted by molar-refractivity contribution is -0.137. The molecule has 0 aromatic heterocycles. The molecule has 0 bridgehead atoms. The molecule has 0 saturated carbocycles. The summed E-state index contributed by atoms with van der Waals surface area (Å²) < 4.78 is 4.72. The highest BCUT2D eigenvalue weighted by Crippen LogP contribution is 1.95. The molecular weight excluding hydrogens is 228 g/mol. The average Bonchev–Trinajstić information content (AvgIpc) is 2.25. The van der Waals surface area contributed by atoms with Crippen LogP contribution in [0.4, 0.5) is 0 Å². The van der Waals surface area contributed by atoms with E-state index >= 15 is 0 Å². The van der Waals surface area contributed by atoms with E-state index in [-0.39, 0.29) is 26.0 Å². The molecule has 2 atom stereocenters. The molecule has 0 rings (SSSR count). The maximum absolute atomic E-state index is 11.4. The van der Waals surface area contributed by atoms with E-state index in [9.17, 15) is 14.7 Å². The van der Waals surface area contributed by atoms with Crippen molar-refractivity contribution < 1.29 is 24.5 Å². The van der Waals surface area contributed by atoms with E-state index in [1.165, 1.54) is 7.11 Å². The van der Waals surface area contributed by atoms with Gasteiger partial charge in [0.1, 0.15) is 0 Å². The van der Waals surface area contributed by atoms with Crippen molar-refractivity contribution in [3.63, 3.8) is 0 Å². The number of aliphatic hydroxyl groups excluding tert-OH is 1. The third-order valence-corrected chi connectivity index (χ3v) is 2.14. The Hall–Kier alpha value is -1.18. The number of carbonyl (C=O) groups excluding carboxylic acids is 1. The molecular formula is C10H20N2O5. The molecule has 100 valence electrons. The number of nitrogens with two attached hydrogens (primary N) is 1. The Balaban J connectivity index is 3.67. The fraction of sp³-hybridized carbons (Fsp3) is 0.800. The maximum Gasteiger partial charge on any atom is 0.303 e. The molecule has 0 aliphatic carbocycles. The molecule has 0 aliphatic heterocycles. The van der Waals surface area contributed by atoms with Crippen molar-refractivity contribution in [3.05, 3.63) is 0 Å². The molecule has 0 aromatic carbocycles. The third-order valence-electron chi connectivity index (χ3n) is 2.14. The first-order valence-corrected chi connectivity index (χ1v) is 5.39. The number of carboxylic acids is 1. The monoisotopic (exact) mass is 248 g/mol. The van der Waals surface area contributed by atoms with Crippen LogP contribution in [0.2, 0.25) is 0 Å². The summed E-state index contributed by atoms with van der Waals surface area (Å²) in [7, 11) is 1.48. The van der Waals surface area contributed by atoms with Gasteiger partial charge in [-0.15, -0.1) is 0 Å². The van der Waals surface area contributed by atoms with Gasteiger partial charge in [-0.05, 0) is 12.8 Å². The first kappa shape index (κ1) is 15.8. The molecule has 0 fully saturated rings. The molecule has 7 heteroatoms. The second-order valence-corrected chi connectivity index (χ2v) is 3.73. The number of amides is 1. The minimum absolute atomic E-state index is 0.0990. The maximum atomic E-state index is 11.4. The van der Waals surface area contributed by atoms with Crippen molar-refractivity contribution in [2.24, 2.45) is 5.73 Å². The first-order chi connectivity index (χ1) is 7.97. The number of aliphatic carboxylic acids is 1. The van der Waals surface area contributed by atoms with E-state index < -0.39 is 24.0 Å². The predicted octanol–water partition coefficient (Wildman–Crippen LogP) is -1.31. The molecule has 17 heavy (non-hydrogen) atoms. The Labute approximate surface area is 99.9 Å². The Morgan fingerprint density at radius 1 is 1.41 bits per heavy atom. The molecule has 5 N–H and O–H groups in total.